The van der Waals surface area contributed by atoms with E-state index in [1.807, 2.05) is 68.5 Å². The van der Waals surface area contributed by atoms with Gasteiger partial charge < -0.3 is 14.4 Å². The summed E-state index contributed by atoms with van der Waals surface area (Å²) in [5, 5.41) is 9.84. The van der Waals surface area contributed by atoms with Gasteiger partial charge >= 0.3 is 0 Å². The maximum atomic E-state index is 13.5. The number of benzene rings is 1. The lowest BCUT2D eigenvalue weighted by Crippen LogP contribution is -2.43. The van der Waals surface area contributed by atoms with Crippen LogP contribution in [0.1, 0.15) is 41.8 Å². The number of carbonyl (C=O) groups is 1. The maximum absolute atomic E-state index is 13.5. The number of amides is 1. The van der Waals surface area contributed by atoms with Crippen molar-refractivity contribution in [2.24, 2.45) is 0 Å². The minimum Gasteiger partial charge on any atom is -0.496 e. The molecule has 0 unspecified atom stereocenters. The zero-order valence-corrected chi connectivity index (χ0v) is 21.6. The van der Waals surface area contributed by atoms with Crippen LogP contribution in [0.15, 0.2) is 35.2 Å². The van der Waals surface area contributed by atoms with E-state index < -0.39 is 0 Å². The molecule has 3 aromatic heterocycles. The van der Waals surface area contributed by atoms with Crippen LogP contribution in [0.2, 0.25) is 0 Å². The second-order valence-corrected chi connectivity index (χ2v) is 11.2. The molecule has 176 valence electrons. The average molecular weight is 495 g/mol. The summed E-state index contributed by atoms with van der Waals surface area (Å²) in [6.07, 6.45) is 1.86. The summed E-state index contributed by atoms with van der Waals surface area (Å²) in [5.41, 5.74) is 4.45. The number of hydrogen-bond donors (Lipinski definition) is 0. The second kappa shape index (κ2) is 8.25. The molecule has 0 saturated heterocycles. The second-order valence-electron chi connectivity index (χ2n) is 9.18. The van der Waals surface area contributed by atoms with Gasteiger partial charge in [-0.3, -0.25) is 4.79 Å². The first-order valence-corrected chi connectivity index (χ1v) is 12.7. The number of methoxy groups -OCH3 is 1. The number of ether oxygens (including phenoxy) is 2. The zero-order chi connectivity index (χ0) is 24.2. The summed E-state index contributed by atoms with van der Waals surface area (Å²) in [7, 11) is 3.47. The summed E-state index contributed by atoms with van der Waals surface area (Å²) in [4.78, 5) is 20.7. The largest absolute Gasteiger partial charge is 0.496 e. The molecule has 0 bridgehead atoms. The summed E-state index contributed by atoms with van der Waals surface area (Å²) in [6, 6.07) is 5.98. The van der Waals surface area contributed by atoms with E-state index in [-0.39, 0.29) is 18.1 Å². The first-order valence-electron chi connectivity index (χ1n) is 10.9. The summed E-state index contributed by atoms with van der Waals surface area (Å²) in [5.74, 6) is 1.29. The number of carbonyl (C=O) groups excluding carboxylic acids is 1. The van der Waals surface area contributed by atoms with E-state index in [1.165, 1.54) is 0 Å². The highest BCUT2D eigenvalue weighted by Gasteiger charge is 2.34. The van der Waals surface area contributed by atoms with Crippen LogP contribution in [0, 0.1) is 6.92 Å². The highest BCUT2D eigenvalue weighted by atomic mass is 32.1. The third-order valence-corrected chi connectivity index (χ3v) is 7.68. The number of fused-ring (bicyclic) bond motifs is 3. The van der Waals surface area contributed by atoms with Crippen molar-refractivity contribution in [2.45, 2.75) is 39.8 Å². The van der Waals surface area contributed by atoms with Gasteiger partial charge in [-0.05, 0) is 45.2 Å². The third kappa shape index (κ3) is 3.69. The Morgan fingerprint density at radius 2 is 2.06 bits per heavy atom. The van der Waals surface area contributed by atoms with Gasteiger partial charge in [0.1, 0.15) is 18.1 Å². The van der Waals surface area contributed by atoms with Crippen LogP contribution in [0.3, 0.4) is 0 Å². The summed E-state index contributed by atoms with van der Waals surface area (Å²) in [6.45, 7) is 8.26. The van der Waals surface area contributed by atoms with Gasteiger partial charge in [0.05, 0.1) is 28.4 Å². The molecule has 0 aliphatic carbocycles. The molecule has 1 aliphatic rings. The van der Waals surface area contributed by atoms with Crippen LogP contribution in [-0.2, 0) is 6.61 Å². The van der Waals surface area contributed by atoms with Crippen LogP contribution in [0.25, 0.3) is 27.4 Å². The van der Waals surface area contributed by atoms with Gasteiger partial charge in [0.15, 0.2) is 5.69 Å². The molecule has 1 aromatic carbocycles. The minimum absolute atomic E-state index is 0.128. The Bertz CT molecular complexity index is 1380. The quantitative estimate of drug-likeness (QED) is 0.358. The highest BCUT2D eigenvalue weighted by Crippen LogP contribution is 2.47. The van der Waals surface area contributed by atoms with E-state index in [2.05, 4.69) is 11.1 Å². The van der Waals surface area contributed by atoms with Gasteiger partial charge in [-0.1, -0.05) is 0 Å². The zero-order valence-electron chi connectivity index (χ0n) is 20.0. The van der Waals surface area contributed by atoms with Gasteiger partial charge in [0.25, 0.3) is 5.91 Å². The SMILES string of the molecule is COc1cc2c(cc1-c1cnc(C)s1)-c1c(c(C(=O)N(C)C(C)(C)C)nn1-c1ccsc1)CO2. The molecule has 0 saturated carbocycles. The fourth-order valence-electron chi connectivity index (χ4n) is 3.93. The number of thiazole rings is 1. The van der Waals surface area contributed by atoms with E-state index in [4.69, 9.17) is 14.6 Å². The van der Waals surface area contributed by atoms with Crippen LogP contribution in [-0.4, -0.2) is 45.3 Å². The van der Waals surface area contributed by atoms with Crippen molar-refractivity contribution >= 4 is 28.6 Å². The Kier molecular flexibility index (Phi) is 5.49. The predicted molar refractivity (Wildman–Crippen MR) is 135 cm³/mol. The predicted octanol–water partition coefficient (Wildman–Crippen LogP) is 5.80. The van der Waals surface area contributed by atoms with Crippen molar-refractivity contribution in [3.63, 3.8) is 0 Å². The first kappa shape index (κ1) is 22.6. The van der Waals surface area contributed by atoms with Gasteiger partial charge in [0.2, 0.25) is 0 Å². The Labute approximate surface area is 206 Å². The van der Waals surface area contributed by atoms with E-state index in [0.29, 0.717) is 11.4 Å². The van der Waals surface area contributed by atoms with Crippen molar-refractivity contribution < 1.29 is 14.3 Å². The van der Waals surface area contributed by atoms with E-state index in [0.717, 1.165) is 43.7 Å². The van der Waals surface area contributed by atoms with Crippen LogP contribution in [0.5, 0.6) is 11.5 Å². The Hall–Kier alpha value is -3.17. The standard InChI is InChI=1S/C25H26N4O3S2/c1-14-26-11-21(34-14)16-9-17-20(10-19(16)31-6)32-12-18-22(24(30)28(5)25(2,3)4)27-29(23(17)18)15-7-8-33-13-15/h7-11,13H,12H2,1-6H3. The molecule has 0 atom stereocenters. The molecule has 1 aliphatic heterocycles. The van der Waals surface area contributed by atoms with Gasteiger partial charge in [0, 0.05) is 46.9 Å². The molecule has 5 rings (SSSR count). The summed E-state index contributed by atoms with van der Waals surface area (Å²) < 4.78 is 13.7. The molecule has 4 aromatic rings. The minimum atomic E-state index is -0.339. The lowest BCUT2D eigenvalue weighted by molar-refractivity contribution is 0.0646. The van der Waals surface area contributed by atoms with Gasteiger partial charge in [-0.15, -0.1) is 11.3 Å². The number of rotatable bonds is 4. The Balaban J connectivity index is 1.75. The average Bonchev–Trinajstić information content (AvgIpc) is 3.55. The topological polar surface area (TPSA) is 69.5 Å². The number of aromatic nitrogens is 3. The van der Waals surface area contributed by atoms with Crippen LogP contribution >= 0.6 is 22.7 Å². The molecule has 0 spiro atoms. The van der Waals surface area contributed by atoms with E-state index >= 15 is 0 Å². The highest BCUT2D eigenvalue weighted by molar-refractivity contribution is 7.15. The van der Waals surface area contributed by atoms with Gasteiger partial charge in [-0.25, -0.2) is 9.67 Å². The number of thiophene rings is 1. The molecule has 0 radical (unpaired) electrons. The summed E-state index contributed by atoms with van der Waals surface area (Å²) >= 11 is 3.20. The van der Waals surface area contributed by atoms with Crippen molar-refractivity contribution in [3.8, 4) is 38.9 Å². The molecular weight excluding hydrogens is 468 g/mol. The number of nitrogens with zero attached hydrogens (tertiary/aromatic N) is 4. The molecule has 4 heterocycles. The fourth-order valence-corrected chi connectivity index (χ4v) is 5.34. The van der Waals surface area contributed by atoms with E-state index in [1.54, 1.807) is 34.7 Å². The molecule has 0 fully saturated rings. The van der Waals surface area contributed by atoms with Crippen LogP contribution in [0.4, 0.5) is 0 Å². The fraction of sp³-hybridized carbons (Fsp3) is 0.320. The van der Waals surface area contributed by atoms with Crippen molar-refractivity contribution in [2.75, 3.05) is 14.2 Å². The third-order valence-electron chi connectivity index (χ3n) is 6.06. The maximum Gasteiger partial charge on any atom is 0.274 e. The smallest absolute Gasteiger partial charge is 0.274 e. The van der Waals surface area contributed by atoms with Crippen molar-refractivity contribution in [1.29, 1.82) is 0 Å². The van der Waals surface area contributed by atoms with Crippen molar-refractivity contribution in [1.82, 2.24) is 19.7 Å². The van der Waals surface area contributed by atoms with Crippen molar-refractivity contribution in [3.05, 3.63) is 51.4 Å². The lowest BCUT2D eigenvalue weighted by atomic mass is 9.98. The number of aryl methyl sites for hydroxylation is 1. The monoisotopic (exact) mass is 494 g/mol. The Morgan fingerprint density at radius 1 is 1.26 bits per heavy atom. The normalized spacial score (nSPS) is 12.6. The lowest BCUT2D eigenvalue weighted by Gasteiger charge is -2.31. The first-order chi connectivity index (χ1) is 16.2. The van der Waals surface area contributed by atoms with Crippen LogP contribution < -0.4 is 9.47 Å². The molecule has 7 nitrogen and oxygen atoms in total. The molecular formula is C25H26N4O3S2. The number of hydrogen-bond acceptors (Lipinski definition) is 7. The molecule has 9 heteroatoms. The van der Waals surface area contributed by atoms with E-state index in [9.17, 15) is 4.79 Å². The molecule has 0 N–H and O–H groups in total. The molecule has 1 amide bonds. The van der Waals surface area contributed by atoms with Gasteiger partial charge in [-0.2, -0.15) is 16.4 Å². The Morgan fingerprint density at radius 3 is 2.68 bits per heavy atom. The molecule has 34 heavy (non-hydrogen) atoms.